The van der Waals surface area contributed by atoms with Gasteiger partial charge in [-0.25, -0.2) is 8.78 Å². The zero-order valence-electron chi connectivity index (χ0n) is 14.3. The smallest absolute Gasteiger partial charge is 0.159 e. The zero-order chi connectivity index (χ0) is 17.6. The predicted molar refractivity (Wildman–Crippen MR) is 96.7 cm³/mol. The molecule has 0 saturated heterocycles. The summed E-state index contributed by atoms with van der Waals surface area (Å²) in [6, 6.07) is 7.47. The first-order chi connectivity index (χ1) is 12.2. The number of benzene rings is 1. The molecule has 128 valence electrons. The first-order valence-electron chi connectivity index (χ1n) is 8.71. The number of nitrogens with zero attached hydrogens (tertiary/aromatic N) is 1. The number of allylic oxidation sites excluding steroid dienone is 2. The quantitative estimate of drug-likeness (QED) is 0.501. The molecule has 1 nitrogen and oxygen atoms in total. The van der Waals surface area contributed by atoms with E-state index in [1.165, 1.54) is 18.9 Å². The molecular weight excluding hydrogens is 316 g/mol. The molecule has 1 fully saturated rings. The van der Waals surface area contributed by atoms with Crippen LogP contribution in [-0.4, -0.2) is 4.98 Å². The van der Waals surface area contributed by atoms with Gasteiger partial charge in [0.25, 0.3) is 0 Å². The Kier molecular flexibility index (Phi) is 5.60. The van der Waals surface area contributed by atoms with Crippen LogP contribution in [0.1, 0.15) is 38.2 Å². The van der Waals surface area contributed by atoms with Crippen molar-refractivity contribution < 1.29 is 8.78 Å². The van der Waals surface area contributed by atoms with Crippen LogP contribution in [0.2, 0.25) is 0 Å². The monoisotopic (exact) mass is 337 g/mol. The van der Waals surface area contributed by atoms with Gasteiger partial charge in [0.2, 0.25) is 0 Å². The average molecular weight is 337 g/mol. The fraction of sp³-hybridized carbons (Fsp3) is 0.318. The van der Waals surface area contributed by atoms with E-state index in [-0.39, 0.29) is 0 Å². The molecule has 0 N–H and O–H groups in total. The van der Waals surface area contributed by atoms with E-state index in [1.54, 1.807) is 12.3 Å². The topological polar surface area (TPSA) is 12.9 Å². The highest BCUT2D eigenvalue weighted by atomic mass is 19.2. The van der Waals surface area contributed by atoms with E-state index in [2.05, 4.69) is 35.9 Å². The number of rotatable bonds is 2. The van der Waals surface area contributed by atoms with Gasteiger partial charge in [0, 0.05) is 23.2 Å². The van der Waals surface area contributed by atoms with Crippen LogP contribution in [0.3, 0.4) is 0 Å². The van der Waals surface area contributed by atoms with E-state index in [0.29, 0.717) is 23.1 Å². The van der Waals surface area contributed by atoms with Crippen LogP contribution in [0.4, 0.5) is 8.78 Å². The minimum absolute atomic E-state index is 0.451. The summed E-state index contributed by atoms with van der Waals surface area (Å²) in [5, 5.41) is 0. The zero-order valence-corrected chi connectivity index (χ0v) is 14.3. The predicted octanol–water partition coefficient (Wildman–Crippen LogP) is 5.76. The standard InChI is InChI=1S/C22H21F2N/c1-2-3-16-4-6-17(7-5-16)8-9-18-10-13-22(25-15-18)19-11-12-20(23)21(24)14-19/h2-3,10-17H,4-7H2,1H3/t16-,17-. The van der Waals surface area contributed by atoms with E-state index in [1.807, 2.05) is 6.07 Å². The summed E-state index contributed by atoms with van der Waals surface area (Å²) in [6.45, 7) is 2.07. The highest BCUT2D eigenvalue weighted by Gasteiger charge is 2.17. The minimum atomic E-state index is -0.864. The lowest BCUT2D eigenvalue weighted by atomic mass is 9.82. The molecule has 0 unspecified atom stereocenters. The molecule has 1 aliphatic rings. The fourth-order valence-electron chi connectivity index (χ4n) is 3.21. The van der Waals surface area contributed by atoms with Gasteiger partial charge in [0.15, 0.2) is 11.6 Å². The molecule has 1 saturated carbocycles. The van der Waals surface area contributed by atoms with Gasteiger partial charge in [0.1, 0.15) is 0 Å². The molecule has 1 aliphatic carbocycles. The number of hydrogen-bond donors (Lipinski definition) is 0. The van der Waals surface area contributed by atoms with E-state index in [9.17, 15) is 8.78 Å². The van der Waals surface area contributed by atoms with Crippen LogP contribution in [0.5, 0.6) is 0 Å². The number of aromatic nitrogens is 1. The van der Waals surface area contributed by atoms with E-state index < -0.39 is 11.6 Å². The molecule has 0 atom stereocenters. The first-order valence-corrected chi connectivity index (χ1v) is 8.71. The maximum absolute atomic E-state index is 13.3. The van der Waals surface area contributed by atoms with Crippen LogP contribution in [0.25, 0.3) is 11.3 Å². The molecule has 2 aromatic rings. The second-order valence-electron chi connectivity index (χ2n) is 6.47. The molecule has 1 aromatic heterocycles. The molecule has 0 aliphatic heterocycles. The average Bonchev–Trinajstić information content (AvgIpc) is 2.64. The first kappa shape index (κ1) is 17.4. The fourth-order valence-corrected chi connectivity index (χ4v) is 3.21. The van der Waals surface area contributed by atoms with E-state index in [0.717, 1.165) is 30.5 Å². The van der Waals surface area contributed by atoms with Gasteiger partial charge < -0.3 is 0 Å². The lowest BCUT2D eigenvalue weighted by Gasteiger charge is -2.22. The molecule has 25 heavy (non-hydrogen) atoms. The summed E-state index contributed by atoms with van der Waals surface area (Å²) in [6.07, 6.45) is 10.8. The van der Waals surface area contributed by atoms with Crippen LogP contribution in [-0.2, 0) is 0 Å². The van der Waals surface area contributed by atoms with Gasteiger partial charge in [-0.1, -0.05) is 24.0 Å². The Balaban J connectivity index is 1.65. The molecule has 0 bridgehead atoms. The molecular formula is C22H21F2N. The molecule has 0 spiro atoms. The summed E-state index contributed by atoms with van der Waals surface area (Å²) in [5.41, 5.74) is 2.01. The highest BCUT2D eigenvalue weighted by molar-refractivity contribution is 5.59. The second-order valence-corrected chi connectivity index (χ2v) is 6.47. The molecule has 3 rings (SSSR count). The van der Waals surface area contributed by atoms with Crippen LogP contribution < -0.4 is 0 Å². The lowest BCUT2D eigenvalue weighted by Crippen LogP contribution is -2.11. The van der Waals surface area contributed by atoms with Gasteiger partial charge in [-0.3, -0.25) is 4.98 Å². The van der Waals surface area contributed by atoms with Crippen molar-refractivity contribution >= 4 is 0 Å². The van der Waals surface area contributed by atoms with Crippen molar-refractivity contribution in [2.24, 2.45) is 11.8 Å². The van der Waals surface area contributed by atoms with Gasteiger partial charge in [-0.2, -0.15) is 0 Å². The van der Waals surface area contributed by atoms with Crippen LogP contribution in [0, 0.1) is 35.3 Å². The third kappa shape index (κ3) is 4.54. The van der Waals surface area contributed by atoms with Gasteiger partial charge in [-0.05, 0) is 68.9 Å². The summed E-state index contributed by atoms with van der Waals surface area (Å²) >= 11 is 0. The molecule has 3 heteroatoms. The number of pyridine rings is 1. The molecule has 1 heterocycles. The SMILES string of the molecule is CC=C[C@H]1CC[C@H](C#Cc2ccc(-c3ccc(F)c(F)c3)nc2)CC1. The number of halogens is 2. The van der Waals surface area contributed by atoms with Gasteiger partial charge in [-0.15, -0.1) is 0 Å². The van der Waals surface area contributed by atoms with Crippen molar-refractivity contribution in [1.29, 1.82) is 0 Å². The van der Waals surface area contributed by atoms with Crippen molar-refractivity contribution in [2.75, 3.05) is 0 Å². The maximum atomic E-state index is 13.3. The Bertz CT molecular complexity index is 804. The van der Waals surface area contributed by atoms with Crippen LogP contribution >= 0.6 is 0 Å². The van der Waals surface area contributed by atoms with E-state index >= 15 is 0 Å². The Labute approximate surface area is 147 Å². The minimum Gasteiger partial charge on any atom is -0.255 e. The normalized spacial score (nSPS) is 20.3. The second kappa shape index (κ2) is 8.07. The van der Waals surface area contributed by atoms with Crippen molar-refractivity contribution in [1.82, 2.24) is 4.98 Å². The largest absolute Gasteiger partial charge is 0.255 e. The highest BCUT2D eigenvalue weighted by Crippen LogP contribution is 2.29. The summed E-state index contributed by atoms with van der Waals surface area (Å²) in [4.78, 5) is 4.32. The third-order valence-electron chi connectivity index (χ3n) is 4.64. The van der Waals surface area contributed by atoms with E-state index in [4.69, 9.17) is 0 Å². The Morgan fingerprint density at radius 3 is 2.48 bits per heavy atom. The number of hydrogen-bond acceptors (Lipinski definition) is 1. The summed E-state index contributed by atoms with van der Waals surface area (Å²) < 4.78 is 26.3. The van der Waals surface area contributed by atoms with Gasteiger partial charge in [0.05, 0.1) is 5.69 Å². The molecule has 0 amide bonds. The van der Waals surface area contributed by atoms with Crippen molar-refractivity contribution in [3.63, 3.8) is 0 Å². The molecule has 1 aromatic carbocycles. The summed E-state index contributed by atoms with van der Waals surface area (Å²) in [7, 11) is 0. The van der Waals surface area contributed by atoms with Crippen molar-refractivity contribution in [3.8, 4) is 23.1 Å². The van der Waals surface area contributed by atoms with Crippen LogP contribution in [0.15, 0.2) is 48.7 Å². The Morgan fingerprint density at radius 1 is 1.04 bits per heavy atom. The van der Waals surface area contributed by atoms with Gasteiger partial charge >= 0.3 is 0 Å². The Morgan fingerprint density at radius 2 is 1.84 bits per heavy atom. The summed E-state index contributed by atoms with van der Waals surface area (Å²) in [5.74, 6) is 5.99. The lowest BCUT2D eigenvalue weighted by molar-refractivity contribution is 0.364. The Hall–Kier alpha value is -2.47. The molecule has 0 radical (unpaired) electrons. The maximum Gasteiger partial charge on any atom is 0.159 e. The van der Waals surface area contributed by atoms with Crippen molar-refractivity contribution in [3.05, 3.63) is 65.9 Å². The third-order valence-corrected chi connectivity index (χ3v) is 4.64. The van der Waals surface area contributed by atoms with Crippen molar-refractivity contribution in [2.45, 2.75) is 32.6 Å².